The number of amides is 5. The maximum atomic E-state index is 12.2. The Bertz CT molecular complexity index is 749. The highest BCUT2D eigenvalue weighted by Crippen LogP contribution is 2.12. The first-order chi connectivity index (χ1) is 19.2. The smallest absolute Gasteiger partial charge is 0.245 e. The summed E-state index contributed by atoms with van der Waals surface area (Å²) in [7, 11) is 1.35. The maximum Gasteiger partial charge on any atom is 0.245 e. The van der Waals surface area contributed by atoms with Gasteiger partial charge in [-0.05, 0) is 13.3 Å². The van der Waals surface area contributed by atoms with E-state index in [0.717, 1.165) is 19.3 Å². The van der Waals surface area contributed by atoms with Crippen LogP contribution >= 0.6 is 0 Å². The number of likely N-dealkylation sites (N-methyl/N-ethyl adjacent to an activating group) is 1. The number of aliphatic hydroxyl groups excluding tert-OH is 2. The predicted octanol–water partition coefficient (Wildman–Crippen LogP) is 0.789. The topological polar surface area (TPSA) is 186 Å². The Balaban J connectivity index is 4.01. The highest BCUT2D eigenvalue weighted by atomic mass is 16.3. The minimum absolute atomic E-state index is 0.260. The van der Waals surface area contributed by atoms with Crippen molar-refractivity contribution in [2.24, 2.45) is 0 Å². The second kappa shape index (κ2) is 24.1. The molecule has 0 aliphatic rings. The van der Waals surface area contributed by atoms with Crippen LogP contribution in [-0.2, 0) is 24.0 Å². The van der Waals surface area contributed by atoms with Crippen LogP contribution in [0.5, 0.6) is 0 Å². The quantitative estimate of drug-likeness (QED) is 0.0834. The fourth-order valence-corrected chi connectivity index (χ4v) is 4.09. The zero-order chi connectivity index (χ0) is 30.2. The van der Waals surface area contributed by atoms with E-state index >= 15 is 0 Å². The molecule has 0 aliphatic heterocycles. The van der Waals surface area contributed by atoms with Crippen molar-refractivity contribution in [3.63, 3.8) is 0 Å². The van der Waals surface area contributed by atoms with E-state index in [1.54, 1.807) is 0 Å². The summed E-state index contributed by atoms with van der Waals surface area (Å²) in [5.41, 5.74) is 0. The third-order valence-corrected chi connectivity index (χ3v) is 6.54. The van der Waals surface area contributed by atoms with Crippen LogP contribution in [0.1, 0.15) is 104 Å². The van der Waals surface area contributed by atoms with E-state index in [1.807, 2.05) is 0 Å². The number of aliphatic hydroxyl groups is 2. The third kappa shape index (κ3) is 19.3. The third-order valence-electron chi connectivity index (χ3n) is 6.54. The van der Waals surface area contributed by atoms with Crippen molar-refractivity contribution in [3.05, 3.63) is 0 Å². The Labute approximate surface area is 239 Å². The van der Waals surface area contributed by atoms with E-state index in [4.69, 9.17) is 0 Å². The monoisotopic (exact) mass is 571 g/mol. The molecule has 0 aromatic rings. The van der Waals surface area contributed by atoms with Crippen molar-refractivity contribution in [2.45, 2.75) is 122 Å². The Kier molecular flexibility index (Phi) is 22.5. The Morgan fingerprint density at radius 1 is 0.650 bits per heavy atom. The summed E-state index contributed by atoms with van der Waals surface area (Å²) in [5, 5.41) is 30.7. The molecule has 0 saturated carbocycles. The van der Waals surface area contributed by atoms with E-state index in [9.17, 15) is 34.2 Å². The Morgan fingerprint density at radius 2 is 1.12 bits per heavy atom. The normalized spacial score (nSPS) is 13.0. The number of carbonyl (C=O) groups excluding carboxylic acids is 5. The molecule has 0 fully saturated rings. The second-order valence-corrected chi connectivity index (χ2v) is 10.2. The van der Waals surface area contributed by atoms with E-state index in [2.05, 4.69) is 33.5 Å². The standard InChI is InChI=1S/C28H53N5O7/c1-4-5-6-7-8-9-10-11-12-13-14-15-16-17-23(36)30-18-24(37)32-22(20-34)27(39)31-19-25(38)33-26(21(2)35)28(40)29-3/h21-22,26,34-35H,4-20H2,1-3H3,(H,29,40)(H,30,36)(H,31,39)(H,32,37)(H,33,38)/t21-,22+,26+/m1/s1. The first kappa shape index (κ1) is 37.3. The van der Waals surface area contributed by atoms with Crippen molar-refractivity contribution >= 4 is 29.5 Å². The van der Waals surface area contributed by atoms with Gasteiger partial charge in [-0.1, -0.05) is 84.0 Å². The van der Waals surface area contributed by atoms with Crippen molar-refractivity contribution in [1.82, 2.24) is 26.6 Å². The molecular formula is C28H53N5O7. The van der Waals surface area contributed by atoms with Crippen LogP contribution in [0, 0.1) is 0 Å². The maximum absolute atomic E-state index is 12.2. The lowest BCUT2D eigenvalue weighted by Gasteiger charge is -2.20. The average Bonchev–Trinajstić information content (AvgIpc) is 2.93. The second-order valence-electron chi connectivity index (χ2n) is 10.2. The summed E-state index contributed by atoms with van der Waals surface area (Å²) in [6.07, 6.45) is 14.9. The van der Waals surface area contributed by atoms with Crippen molar-refractivity contribution < 1.29 is 34.2 Å². The lowest BCUT2D eigenvalue weighted by atomic mass is 10.0. The SMILES string of the molecule is CCCCCCCCCCCCCCCC(=O)NCC(=O)N[C@@H](CO)C(=O)NCC(=O)N[C@H](C(=O)NC)[C@@H](C)O. The number of carbonyl (C=O) groups is 5. The van der Waals surface area contributed by atoms with E-state index in [1.165, 1.54) is 78.2 Å². The molecule has 40 heavy (non-hydrogen) atoms. The van der Waals surface area contributed by atoms with E-state index in [-0.39, 0.29) is 12.5 Å². The summed E-state index contributed by atoms with van der Waals surface area (Å²) in [4.78, 5) is 60.1. The molecule has 0 heterocycles. The first-order valence-corrected chi connectivity index (χ1v) is 14.8. The zero-order valence-electron chi connectivity index (χ0n) is 24.7. The Morgan fingerprint density at radius 3 is 1.60 bits per heavy atom. The summed E-state index contributed by atoms with van der Waals surface area (Å²) in [6, 6.07) is -2.53. The molecule has 0 aromatic heterocycles. The van der Waals surface area contributed by atoms with Crippen molar-refractivity contribution in [1.29, 1.82) is 0 Å². The molecule has 0 bridgehead atoms. The van der Waals surface area contributed by atoms with Gasteiger partial charge in [0.1, 0.15) is 12.1 Å². The summed E-state index contributed by atoms with van der Waals surface area (Å²) in [6.45, 7) is 1.95. The van der Waals surface area contributed by atoms with Gasteiger partial charge in [-0.25, -0.2) is 0 Å². The summed E-state index contributed by atoms with van der Waals surface area (Å²) >= 11 is 0. The number of nitrogens with one attached hydrogen (secondary N) is 5. The van der Waals surface area contributed by atoms with Crippen LogP contribution in [0.25, 0.3) is 0 Å². The molecule has 7 N–H and O–H groups in total. The van der Waals surface area contributed by atoms with Crippen LogP contribution in [0.3, 0.4) is 0 Å². The van der Waals surface area contributed by atoms with Gasteiger partial charge in [-0.2, -0.15) is 0 Å². The minimum atomic E-state index is -1.33. The number of hydrogen-bond donors (Lipinski definition) is 7. The van der Waals surface area contributed by atoms with Crippen molar-refractivity contribution in [3.8, 4) is 0 Å². The molecule has 12 nitrogen and oxygen atoms in total. The van der Waals surface area contributed by atoms with Gasteiger partial charge in [0.25, 0.3) is 0 Å². The van der Waals surface area contributed by atoms with Gasteiger partial charge < -0.3 is 36.8 Å². The van der Waals surface area contributed by atoms with Gasteiger partial charge in [0.05, 0.1) is 25.8 Å². The number of rotatable bonds is 24. The van der Waals surface area contributed by atoms with Gasteiger partial charge >= 0.3 is 0 Å². The molecule has 0 saturated heterocycles. The van der Waals surface area contributed by atoms with Gasteiger partial charge in [-0.3, -0.25) is 24.0 Å². The fraction of sp³-hybridized carbons (Fsp3) is 0.821. The number of unbranched alkanes of at least 4 members (excludes halogenated alkanes) is 12. The lowest BCUT2D eigenvalue weighted by molar-refractivity contribution is -0.133. The van der Waals surface area contributed by atoms with Crippen LogP contribution < -0.4 is 26.6 Å². The minimum Gasteiger partial charge on any atom is -0.394 e. The molecule has 0 spiro atoms. The molecule has 0 radical (unpaired) electrons. The molecule has 0 rings (SSSR count). The molecule has 12 heteroatoms. The zero-order valence-corrected chi connectivity index (χ0v) is 24.7. The number of hydrogen-bond acceptors (Lipinski definition) is 7. The molecule has 5 amide bonds. The van der Waals surface area contributed by atoms with Crippen LogP contribution in [0.15, 0.2) is 0 Å². The van der Waals surface area contributed by atoms with Gasteiger partial charge in [0.15, 0.2) is 0 Å². The fourth-order valence-electron chi connectivity index (χ4n) is 4.09. The van der Waals surface area contributed by atoms with Crippen LogP contribution in [0.4, 0.5) is 0 Å². The average molecular weight is 572 g/mol. The molecule has 232 valence electrons. The molecule has 0 aliphatic carbocycles. The predicted molar refractivity (Wildman–Crippen MR) is 153 cm³/mol. The molecule has 0 aromatic carbocycles. The largest absolute Gasteiger partial charge is 0.394 e. The summed E-state index contributed by atoms with van der Waals surface area (Å²) in [5.74, 6) is -3.09. The highest BCUT2D eigenvalue weighted by molar-refractivity contribution is 5.93. The van der Waals surface area contributed by atoms with Crippen molar-refractivity contribution in [2.75, 3.05) is 26.7 Å². The highest BCUT2D eigenvalue weighted by Gasteiger charge is 2.25. The molecule has 0 unspecified atom stereocenters. The van der Waals surface area contributed by atoms with Crippen LogP contribution in [0.2, 0.25) is 0 Å². The van der Waals surface area contributed by atoms with Gasteiger partial charge in [0.2, 0.25) is 29.5 Å². The van der Waals surface area contributed by atoms with Crippen LogP contribution in [-0.4, -0.2) is 84.7 Å². The van der Waals surface area contributed by atoms with Gasteiger partial charge in [0, 0.05) is 13.5 Å². The van der Waals surface area contributed by atoms with E-state index in [0.29, 0.717) is 6.42 Å². The Hall–Kier alpha value is -2.73. The first-order valence-electron chi connectivity index (χ1n) is 14.8. The lowest BCUT2D eigenvalue weighted by Crippen LogP contribution is -2.55. The molecular weight excluding hydrogens is 518 g/mol. The van der Waals surface area contributed by atoms with Gasteiger partial charge in [-0.15, -0.1) is 0 Å². The molecule has 3 atom stereocenters. The summed E-state index contributed by atoms with van der Waals surface area (Å²) < 4.78 is 0. The van der Waals surface area contributed by atoms with E-state index < -0.39 is 55.0 Å².